The molecule has 1 aliphatic rings. The summed E-state index contributed by atoms with van der Waals surface area (Å²) < 4.78 is 45.8. The van der Waals surface area contributed by atoms with Crippen molar-refractivity contribution in [3.63, 3.8) is 0 Å². The quantitative estimate of drug-likeness (QED) is 0.169. The van der Waals surface area contributed by atoms with Crippen LogP contribution in [0.1, 0.15) is 93.5 Å². The second-order valence-electron chi connectivity index (χ2n) is 9.73. The molecule has 192 valence electrons. The molecule has 0 unspecified atom stereocenters. The van der Waals surface area contributed by atoms with Crippen molar-refractivity contribution in [2.45, 2.75) is 90.3 Å². The minimum atomic E-state index is -4.76. The summed E-state index contributed by atoms with van der Waals surface area (Å²) in [4.78, 5) is 12.3. The average molecular weight is 491 g/mol. The van der Waals surface area contributed by atoms with E-state index in [1.807, 2.05) is 12.1 Å². The van der Waals surface area contributed by atoms with Crippen molar-refractivity contribution in [3.05, 3.63) is 59.7 Å². The van der Waals surface area contributed by atoms with Crippen LogP contribution in [0.25, 0.3) is 0 Å². The number of esters is 1. The van der Waals surface area contributed by atoms with E-state index in [4.69, 9.17) is 4.74 Å². The molecule has 3 rings (SSSR count). The van der Waals surface area contributed by atoms with Gasteiger partial charge in [0.05, 0.1) is 5.56 Å². The van der Waals surface area contributed by atoms with E-state index in [1.165, 1.54) is 81.9 Å². The monoisotopic (exact) mass is 490 g/mol. The molecule has 0 bridgehead atoms. The highest BCUT2D eigenvalue weighted by atomic mass is 19.4. The summed E-state index contributed by atoms with van der Waals surface area (Å²) in [5, 5.41) is 0. The summed E-state index contributed by atoms with van der Waals surface area (Å²) in [5.41, 5.74) is 1.59. The number of hydrogen-bond acceptors (Lipinski definition) is 3. The number of carbonyl (C=O) groups excluding carboxylic acids is 1. The lowest BCUT2D eigenvalue weighted by Crippen LogP contribution is -2.17. The molecule has 0 atom stereocenters. The van der Waals surface area contributed by atoms with Gasteiger partial charge in [0.25, 0.3) is 0 Å². The Morgan fingerprint density at radius 2 is 1.34 bits per heavy atom. The van der Waals surface area contributed by atoms with Crippen LogP contribution >= 0.6 is 0 Å². The minimum Gasteiger partial charge on any atom is -0.423 e. The predicted molar refractivity (Wildman–Crippen MR) is 132 cm³/mol. The Balaban J connectivity index is 1.34. The van der Waals surface area contributed by atoms with E-state index in [0.29, 0.717) is 5.56 Å². The molecule has 35 heavy (non-hydrogen) atoms. The van der Waals surface area contributed by atoms with Crippen LogP contribution in [0.3, 0.4) is 0 Å². The lowest BCUT2D eigenvalue weighted by Gasteiger charge is -2.28. The predicted octanol–water partition coefficient (Wildman–Crippen LogP) is 8.90. The van der Waals surface area contributed by atoms with Gasteiger partial charge in [0.2, 0.25) is 0 Å². The summed E-state index contributed by atoms with van der Waals surface area (Å²) in [6.07, 6.45) is 11.1. The molecular weight excluding hydrogens is 453 g/mol. The number of benzene rings is 2. The molecule has 1 aliphatic carbocycles. The highest BCUT2D eigenvalue weighted by Gasteiger charge is 2.31. The Morgan fingerprint density at radius 1 is 0.800 bits per heavy atom. The number of hydrogen-bond donors (Lipinski definition) is 0. The van der Waals surface area contributed by atoms with Gasteiger partial charge in [0.15, 0.2) is 0 Å². The zero-order valence-corrected chi connectivity index (χ0v) is 20.6. The standard InChI is InChI=1S/C29H37F3O3/c1-2-3-4-7-22-10-12-23(13-11-22)8-5-6-9-24-14-16-25(17-15-24)28(33)34-26-18-20-27(21-19-26)35-29(30,31)32/h14-23H,2-13H2,1H3/t22-,23-. The highest BCUT2D eigenvalue weighted by molar-refractivity contribution is 5.91. The van der Waals surface area contributed by atoms with Gasteiger partial charge in [-0.15, -0.1) is 13.2 Å². The molecular formula is C29H37F3O3. The average Bonchev–Trinajstić information content (AvgIpc) is 2.83. The van der Waals surface area contributed by atoms with Crippen molar-refractivity contribution in [1.82, 2.24) is 0 Å². The Labute approximate surface area is 207 Å². The summed E-state index contributed by atoms with van der Waals surface area (Å²) in [7, 11) is 0. The number of halogens is 3. The van der Waals surface area contributed by atoms with Gasteiger partial charge in [-0.2, -0.15) is 0 Å². The largest absolute Gasteiger partial charge is 0.573 e. The Kier molecular flexibility index (Phi) is 10.5. The molecule has 0 aliphatic heterocycles. The van der Waals surface area contributed by atoms with Crippen molar-refractivity contribution in [2.75, 3.05) is 0 Å². The van der Waals surface area contributed by atoms with Gasteiger partial charge in [-0.3, -0.25) is 0 Å². The molecule has 0 radical (unpaired) electrons. The number of ether oxygens (including phenoxy) is 2. The van der Waals surface area contributed by atoms with Crippen LogP contribution in [0.15, 0.2) is 48.5 Å². The molecule has 0 spiro atoms. The molecule has 2 aromatic rings. The fraction of sp³-hybridized carbons (Fsp3) is 0.552. The Hall–Kier alpha value is -2.50. The van der Waals surface area contributed by atoms with Crippen LogP contribution in [0.5, 0.6) is 11.5 Å². The van der Waals surface area contributed by atoms with Gasteiger partial charge in [0.1, 0.15) is 11.5 Å². The van der Waals surface area contributed by atoms with Gasteiger partial charge in [-0.25, -0.2) is 4.79 Å². The summed E-state index contributed by atoms with van der Waals surface area (Å²) in [6, 6.07) is 12.1. The molecule has 0 heterocycles. The minimum absolute atomic E-state index is 0.156. The number of unbranched alkanes of at least 4 members (excludes halogenated alkanes) is 3. The fourth-order valence-electron chi connectivity index (χ4n) is 4.94. The van der Waals surface area contributed by atoms with Gasteiger partial charge in [0, 0.05) is 0 Å². The topological polar surface area (TPSA) is 35.5 Å². The fourth-order valence-corrected chi connectivity index (χ4v) is 4.94. The van der Waals surface area contributed by atoms with Gasteiger partial charge in [-0.05, 0) is 66.6 Å². The normalized spacial score (nSPS) is 18.3. The number of rotatable bonds is 12. The number of alkyl halides is 3. The van der Waals surface area contributed by atoms with Gasteiger partial charge >= 0.3 is 12.3 Å². The molecule has 1 saturated carbocycles. The molecule has 0 amide bonds. The van der Waals surface area contributed by atoms with Crippen LogP contribution in [-0.4, -0.2) is 12.3 Å². The highest BCUT2D eigenvalue weighted by Crippen LogP contribution is 2.34. The molecule has 1 fully saturated rings. The first-order valence-electron chi connectivity index (χ1n) is 13.0. The Morgan fingerprint density at radius 3 is 1.89 bits per heavy atom. The smallest absolute Gasteiger partial charge is 0.423 e. The lowest BCUT2D eigenvalue weighted by atomic mass is 9.78. The van der Waals surface area contributed by atoms with Crippen LogP contribution in [0.4, 0.5) is 13.2 Å². The first kappa shape index (κ1) is 27.1. The maximum atomic E-state index is 12.3. The van der Waals surface area contributed by atoms with E-state index >= 15 is 0 Å². The molecule has 2 aromatic carbocycles. The lowest BCUT2D eigenvalue weighted by molar-refractivity contribution is -0.274. The van der Waals surface area contributed by atoms with E-state index in [9.17, 15) is 18.0 Å². The van der Waals surface area contributed by atoms with Crippen molar-refractivity contribution >= 4 is 5.97 Å². The van der Waals surface area contributed by atoms with Crippen LogP contribution in [0.2, 0.25) is 0 Å². The zero-order chi connectivity index (χ0) is 25.1. The van der Waals surface area contributed by atoms with Crippen LogP contribution in [0, 0.1) is 11.8 Å². The number of carbonyl (C=O) groups is 1. The summed E-state index contributed by atoms with van der Waals surface area (Å²) >= 11 is 0. The molecule has 0 aromatic heterocycles. The number of aryl methyl sites for hydroxylation is 1. The Bertz CT molecular complexity index is 883. The zero-order valence-electron chi connectivity index (χ0n) is 20.6. The molecule has 0 N–H and O–H groups in total. The second-order valence-corrected chi connectivity index (χ2v) is 9.73. The second kappa shape index (κ2) is 13.6. The third kappa shape index (κ3) is 9.95. The van der Waals surface area contributed by atoms with Gasteiger partial charge in [-0.1, -0.05) is 83.3 Å². The van der Waals surface area contributed by atoms with Crippen LogP contribution in [-0.2, 0) is 6.42 Å². The van der Waals surface area contributed by atoms with Crippen LogP contribution < -0.4 is 9.47 Å². The molecule has 6 heteroatoms. The van der Waals surface area contributed by atoms with E-state index in [-0.39, 0.29) is 11.5 Å². The van der Waals surface area contributed by atoms with Gasteiger partial charge < -0.3 is 9.47 Å². The van der Waals surface area contributed by atoms with Crippen molar-refractivity contribution < 1.29 is 27.4 Å². The first-order valence-corrected chi connectivity index (χ1v) is 13.0. The van der Waals surface area contributed by atoms with Crippen molar-refractivity contribution in [2.24, 2.45) is 11.8 Å². The maximum absolute atomic E-state index is 12.3. The summed E-state index contributed by atoms with van der Waals surface area (Å²) in [5.74, 6) is 1.10. The van der Waals surface area contributed by atoms with E-state index < -0.39 is 12.3 Å². The first-order chi connectivity index (χ1) is 16.8. The van der Waals surface area contributed by atoms with E-state index in [2.05, 4.69) is 11.7 Å². The molecule has 3 nitrogen and oxygen atoms in total. The maximum Gasteiger partial charge on any atom is 0.573 e. The SMILES string of the molecule is CCCCC[C@H]1CC[C@H](CCCCc2ccc(C(=O)Oc3ccc(OC(F)(F)F)cc3)cc2)CC1. The van der Waals surface area contributed by atoms with Crippen molar-refractivity contribution in [1.29, 1.82) is 0 Å². The summed E-state index contributed by atoms with van der Waals surface area (Å²) in [6.45, 7) is 2.27. The third-order valence-electron chi connectivity index (χ3n) is 6.97. The van der Waals surface area contributed by atoms with E-state index in [0.717, 1.165) is 36.8 Å². The van der Waals surface area contributed by atoms with E-state index in [1.54, 1.807) is 12.1 Å². The van der Waals surface area contributed by atoms with Crippen molar-refractivity contribution in [3.8, 4) is 11.5 Å². The molecule has 0 saturated heterocycles. The third-order valence-corrected chi connectivity index (χ3v) is 6.97.